The molecule has 0 spiro atoms. The highest BCUT2D eigenvalue weighted by atomic mass is 32.1. The van der Waals surface area contributed by atoms with Crippen molar-refractivity contribution in [1.82, 2.24) is 9.97 Å². The second-order valence-corrected chi connectivity index (χ2v) is 4.37. The first kappa shape index (κ1) is 13.6. The van der Waals surface area contributed by atoms with Crippen LogP contribution in [0.25, 0.3) is 0 Å². The Balaban J connectivity index is 2.15. The molecular weight excluding hydrogens is 268 g/mol. The fourth-order valence-corrected chi connectivity index (χ4v) is 1.86. The van der Waals surface area contributed by atoms with Gasteiger partial charge < -0.3 is 20.1 Å². The van der Waals surface area contributed by atoms with Crippen molar-refractivity contribution in [2.75, 3.05) is 31.7 Å². The fourth-order valence-electron chi connectivity index (χ4n) is 1.74. The molecule has 0 aliphatic carbocycles. The van der Waals surface area contributed by atoms with Gasteiger partial charge in [-0.25, -0.2) is 14.8 Å². The van der Waals surface area contributed by atoms with E-state index in [1.54, 1.807) is 12.3 Å². The molecule has 2 rings (SSSR count). The topological polar surface area (TPSA) is 90.6 Å². The Morgan fingerprint density at radius 3 is 3.16 bits per heavy atom. The number of anilines is 1. The molecule has 1 saturated heterocycles. The zero-order valence-electron chi connectivity index (χ0n) is 10.4. The van der Waals surface area contributed by atoms with E-state index in [1.165, 1.54) is 7.11 Å². The first-order chi connectivity index (χ1) is 9.11. The third kappa shape index (κ3) is 3.15. The van der Waals surface area contributed by atoms with Crippen LogP contribution in [0.15, 0.2) is 12.3 Å². The Morgan fingerprint density at radius 1 is 1.68 bits per heavy atom. The molecule has 1 atom stereocenters. The summed E-state index contributed by atoms with van der Waals surface area (Å²) in [5.41, 5.74) is 6.03. The number of aromatic nitrogens is 2. The van der Waals surface area contributed by atoms with Gasteiger partial charge in [0.25, 0.3) is 0 Å². The molecule has 1 aliphatic rings. The molecule has 8 heteroatoms. The quantitative estimate of drug-likeness (QED) is 0.585. The predicted octanol–water partition coefficient (Wildman–Crippen LogP) is -0.511. The normalized spacial score (nSPS) is 19.0. The number of esters is 1. The molecule has 0 bridgehead atoms. The van der Waals surface area contributed by atoms with Gasteiger partial charge in [0, 0.05) is 12.7 Å². The van der Waals surface area contributed by atoms with Crippen molar-refractivity contribution in [3.8, 4) is 0 Å². The van der Waals surface area contributed by atoms with Crippen LogP contribution < -0.4 is 10.6 Å². The number of thiocarbonyl (C=S) groups is 1. The van der Waals surface area contributed by atoms with Crippen molar-refractivity contribution < 1.29 is 14.3 Å². The molecule has 0 aromatic carbocycles. The Labute approximate surface area is 115 Å². The van der Waals surface area contributed by atoms with E-state index in [9.17, 15) is 4.79 Å². The number of hydrogen-bond donors (Lipinski definition) is 1. The van der Waals surface area contributed by atoms with Crippen LogP contribution in [0.2, 0.25) is 0 Å². The van der Waals surface area contributed by atoms with Crippen molar-refractivity contribution >= 4 is 29.1 Å². The van der Waals surface area contributed by atoms with Crippen LogP contribution in [-0.2, 0) is 14.3 Å². The van der Waals surface area contributed by atoms with Crippen LogP contribution in [0, 0.1) is 0 Å². The molecule has 1 unspecified atom stereocenters. The minimum Gasteiger partial charge on any atom is -0.467 e. The van der Waals surface area contributed by atoms with Crippen LogP contribution in [0.1, 0.15) is 5.69 Å². The Morgan fingerprint density at radius 2 is 2.47 bits per heavy atom. The average molecular weight is 282 g/mol. The molecule has 0 radical (unpaired) electrons. The van der Waals surface area contributed by atoms with Gasteiger partial charge in [-0.1, -0.05) is 12.2 Å². The lowest BCUT2D eigenvalue weighted by Gasteiger charge is -2.31. The van der Waals surface area contributed by atoms with Crippen LogP contribution in [-0.4, -0.2) is 53.8 Å². The molecule has 2 heterocycles. The van der Waals surface area contributed by atoms with Gasteiger partial charge in [-0.15, -0.1) is 0 Å². The second-order valence-electron chi connectivity index (χ2n) is 3.93. The SMILES string of the molecule is COC(=O)C1CN(c2nccc(C(N)=S)n2)CCO1. The highest BCUT2D eigenvalue weighted by Gasteiger charge is 2.28. The third-order valence-corrected chi connectivity index (χ3v) is 2.92. The van der Waals surface area contributed by atoms with Crippen LogP contribution in [0.3, 0.4) is 0 Å². The summed E-state index contributed by atoms with van der Waals surface area (Å²) in [7, 11) is 1.33. The zero-order chi connectivity index (χ0) is 13.8. The smallest absolute Gasteiger partial charge is 0.336 e. The predicted molar refractivity (Wildman–Crippen MR) is 71.9 cm³/mol. The first-order valence-electron chi connectivity index (χ1n) is 5.69. The van der Waals surface area contributed by atoms with Crippen molar-refractivity contribution in [3.05, 3.63) is 18.0 Å². The number of methoxy groups -OCH3 is 1. The minimum atomic E-state index is -0.629. The number of rotatable bonds is 3. The fraction of sp³-hybridized carbons (Fsp3) is 0.455. The molecule has 1 aromatic rings. The molecular formula is C11H14N4O3S. The van der Waals surface area contributed by atoms with Gasteiger partial charge in [-0.05, 0) is 6.07 Å². The van der Waals surface area contributed by atoms with Gasteiger partial charge in [0.2, 0.25) is 5.95 Å². The van der Waals surface area contributed by atoms with E-state index >= 15 is 0 Å². The van der Waals surface area contributed by atoms with Gasteiger partial charge in [0.05, 0.1) is 20.3 Å². The summed E-state index contributed by atoms with van der Waals surface area (Å²) < 4.78 is 10.0. The van der Waals surface area contributed by atoms with E-state index in [-0.39, 0.29) is 4.99 Å². The van der Waals surface area contributed by atoms with E-state index in [0.717, 1.165) is 0 Å². The molecule has 2 N–H and O–H groups in total. The van der Waals surface area contributed by atoms with Gasteiger partial charge in [0.15, 0.2) is 6.10 Å². The van der Waals surface area contributed by atoms with E-state index in [4.69, 9.17) is 22.7 Å². The molecule has 7 nitrogen and oxygen atoms in total. The van der Waals surface area contributed by atoms with Crippen LogP contribution in [0.5, 0.6) is 0 Å². The number of nitrogens with zero attached hydrogens (tertiary/aromatic N) is 3. The molecule has 1 aliphatic heterocycles. The van der Waals surface area contributed by atoms with E-state index in [1.807, 2.05) is 4.90 Å². The summed E-state index contributed by atoms with van der Waals surface area (Å²) >= 11 is 4.88. The summed E-state index contributed by atoms with van der Waals surface area (Å²) in [6, 6.07) is 1.64. The zero-order valence-corrected chi connectivity index (χ0v) is 11.2. The summed E-state index contributed by atoms with van der Waals surface area (Å²) in [4.78, 5) is 21.9. The van der Waals surface area contributed by atoms with E-state index in [0.29, 0.717) is 31.3 Å². The lowest BCUT2D eigenvalue weighted by atomic mass is 10.3. The lowest BCUT2D eigenvalue weighted by molar-refractivity contribution is -0.154. The molecule has 19 heavy (non-hydrogen) atoms. The van der Waals surface area contributed by atoms with Crippen molar-refractivity contribution in [1.29, 1.82) is 0 Å². The maximum Gasteiger partial charge on any atom is 0.336 e. The molecule has 1 fully saturated rings. The van der Waals surface area contributed by atoms with Gasteiger partial charge in [0.1, 0.15) is 10.7 Å². The van der Waals surface area contributed by atoms with E-state index in [2.05, 4.69) is 14.7 Å². The summed E-state index contributed by atoms with van der Waals surface area (Å²) in [6.45, 7) is 1.34. The number of ether oxygens (including phenoxy) is 2. The Hall–Kier alpha value is -1.80. The number of nitrogens with two attached hydrogens (primary N) is 1. The Bertz CT molecular complexity index is 497. The average Bonchev–Trinajstić information content (AvgIpc) is 2.46. The summed E-state index contributed by atoms with van der Waals surface area (Å²) in [5.74, 6) is 0.0673. The maximum absolute atomic E-state index is 11.5. The summed E-state index contributed by atoms with van der Waals surface area (Å²) in [6.07, 6.45) is 0.954. The first-order valence-corrected chi connectivity index (χ1v) is 6.10. The number of carbonyl (C=O) groups is 1. The van der Waals surface area contributed by atoms with Crippen molar-refractivity contribution in [3.63, 3.8) is 0 Å². The number of hydrogen-bond acceptors (Lipinski definition) is 7. The highest BCUT2D eigenvalue weighted by molar-refractivity contribution is 7.80. The van der Waals surface area contributed by atoms with E-state index < -0.39 is 12.1 Å². The standard InChI is InChI=1S/C11H14N4O3S/c1-17-10(16)8-6-15(4-5-18-8)11-13-3-2-7(14-11)9(12)19/h2-3,8H,4-6H2,1H3,(H2,12,19). The van der Waals surface area contributed by atoms with Crippen molar-refractivity contribution in [2.45, 2.75) is 6.10 Å². The molecule has 1 aromatic heterocycles. The lowest BCUT2D eigenvalue weighted by Crippen LogP contribution is -2.47. The summed E-state index contributed by atoms with van der Waals surface area (Å²) in [5, 5.41) is 0. The van der Waals surface area contributed by atoms with Crippen molar-refractivity contribution in [2.24, 2.45) is 5.73 Å². The third-order valence-electron chi connectivity index (χ3n) is 2.71. The van der Waals surface area contributed by atoms with Crippen LogP contribution in [0.4, 0.5) is 5.95 Å². The molecule has 102 valence electrons. The number of morpholine rings is 1. The minimum absolute atomic E-state index is 0.210. The second kappa shape index (κ2) is 5.89. The largest absolute Gasteiger partial charge is 0.467 e. The monoisotopic (exact) mass is 282 g/mol. The van der Waals surface area contributed by atoms with Crippen LogP contribution >= 0.6 is 12.2 Å². The van der Waals surface area contributed by atoms with Gasteiger partial charge in [-0.3, -0.25) is 0 Å². The van der Waals surface area contributed by atoms with Gasteiger partial charge >= 0.3 is 5.97 Å². The highest BCUT2D eigenvalue weighted by Crippen LogP contribution is 2.13. The maximum atomic E-state index is 11.5. The Kier molecular flexibility index (Phi) is 4.23. The molecule has 0 saturated carbocycles. The molecule has 0 amide bonds. The number of carbonyl (C=O) groups excluding carboxylic acids is 1. The van der Waals surface area contributed by atoms with Gasteiger partial charge in [-0.2, -0.15) is 0 Å².